The van der Waals surface area contributed by atoms with Gasteiger partial charge >= 0.3 is 11.9 Å². The second-order valence-electron chi connectivity index (χ2n) is 5.40. The van der Waals surface area contributed by atoms with Gasteiger partial charge in [0.15, 0.2) is 11.7 Å². The van der Waals surface area contributed by atoms with Crippen molar-refractivity contribution in [1.29, 1.82) is 0 Å². The number of carbonyl (C=O) groups is 1. The van der Waals surface area contributed by atoms with E-state index in [-0.39, 0.29) is 18.0 Å². The topological polar surface area (TPSA) is 95.9 Å². The summed E-state index contributed by atoms with van der Waals surface area (Å²) >= 11 is 0. The van der Waals surface area contributed by atoms with Crippen LogP contribution in [0.25, 0.3) is 11.5 Å². The molecule has 0 amide bonds. The molecule has 25 heavy (non-hydrogen) atoms. The van der Waals surface area contributed by atoms with Crippen molar-refractivity contribution >= 4 is 12.2 Å². The van der Waals surface area contributed by atoms with Gasteiger partial charge in [0.25, 0.3) is 0 Å². The molecular weight excluding hydrogens is 320 g/mol. The first-order valence-electron chi connectivity index (χ1n) is 7.68. The molecule has 126 valence electrons. The number of carboxylic acids is 1. The minimum Gasteiger partial charge on any atom is -0.480 e. The summed E-state index contributed by atoms with van der Waals surface area (Å²) in [6, 6.07) is 17.3. The van der Waals surface area contributed by atoms with E-state index in [0.717, 1.165) is 5.56 Å². The number of aromatic hydroxyl groups is 1. The van der Waals surface area contributed by atoms with Gasteiger partial charge in [-0.2, -0.15) is 0 Å². The van der Waals surface area contributed by atoms with Gasteiger partial charge in [0.1, 0.15) is 0 Å². The zero-order valence-electron chi connectivity index (χ0n) is 13.2. The molecule has 6 nitrogen and oxygen atoms in total. The average Bonchev–Trinajstić information content (AvgIpc) is 3.01. The van der Waals surface area contributed by atoms with Crippen LogP contribution >= 0.6 is 0 Å². The van der Waals surface area contributed by atoms with Crippen LogP contribution in [0.2, 0.25) is 0 Å². The molecule has 0 aliphatic carbocycles. The molecule has 2 N–H and O–H groups in total. The van der Waals surface area contributed by atoms with Crippen LogP contribution in [0.15, 0.2) is 70.1 Å². The first kappa shape index (κ1) is 16.4. The Kier molecular flexibility index (Phi) is 4.89. The van der Waals surface area contributed by atoms with Gasteiger partial charge in [-0.25, -0.2) is 9.78 Å². The number of hydrogen-bond donors (Lipinski definition) is 2. The van der Waals surface area contributed by atoms with Gasteiger partial charge < -0.3 is 14.6 Å². The van der Waals surface area contributed by atoms with E-state index < -0.39 is 18.0 Å². The van der Waals surface area contributed by atoms with Crippen molar-refractivity contribution in [1.82, 2.24) is 4.98 Å². The maximum atomic E-state index is 11.4. The molecule has 0 fully saturated rings. The minimum atomic E-state index is -1.05. The first-order chi connectivity index (χ1) is 12.1. The Bertz CT molecular complexity index is 873. The third-order valence-corrected chi connectivity index (χ3v) is 3.59. The fraction of sp³-hybridized carbons (Fsp3) is 0.105. The van der Waals surface area contributed by atoms with Crippen molar-refractivity contribution in [3.05, 3.63) is 71.9 Å². The Hall–Kier alpha value is -3.41. The predicted octanol–water partition coefficient (Wildman–Crippen LogP) is 3.16. The number of hydrogen-bond acceptors (Lipinski definition) is 5. The lowest BCUT2D eigenvalue weighted by atomic mass is 10.1. The molecule has 0 saturated heterocycles. The van der Waals surface area contributed by atoms with E-state index in [1.165, 1.54) is 6.21 Å². The van der Waals surface area contributed by atoms with Gasteiger partial charge in [0, 0.05) is 12.0 Å². The molecule has 0 aliphatic rings. The van der Waals surface area contributed by atoms with Crippen LogP contribution in [0.5, 0.6) is 5.95 Å². The molecule has 1 unspecified atom stereocenters. The quantitative estimate of drug-likeness (QED) is 0.674. The Morgan fingerprint density at radius 3 is 2.40 bits per heavy atom. The number of nitrogens with zero attached hydrogens (tertiary/aromatic N) is 2. The lowest BCUT2D eigenvalue weighted by Gasteiger charge is -2.06. The van der Waals surface area contributed by atoms with Crippen molar-refractivity contribution in [2.75, 3.05) is 0 Å². The number of oxazole rings is 1. The minimum absolute atomic E-state index is 0.0955. The van der Waals surface area contributed by atoms with E-state index in [9.17, 15) is 15.0 Å². The molecule has 1 aromatic heterocycles. The summed E-state index contributed by atoms with van der Waals surface area (Å²) in [5.41, 5.74) is 1.66. The van der Waals surface area contributed by atoms with Gasteiger partial charge in [0.05, 0.1) is 6.21 Å². The lowest BCUT2D eigenvalue weighted by molar-refractivity contribution is -0.138. The number of rotatable bonds is 6. The smallest absolute Gasteiger partial charge is 0.328 e. The number of benzene rings is 2. The van der Waals surface area contributed by atoms with Crippen LogP contribution < -0.4 is 0 Å². The van der Waals surface area contributed by atoms with Crippen LogP contribution in [-0.4, -0.2) is 33.4 Å². The fourth-order valence-electron chi connectivity index (χ4n) is 2.31. The summed E-state index contributed by atoms with van der Waals surface area (Å²) in [7, 11) is 0. The van der Waals surface area contributed by atoms with E-state index in [4.69, 9.17) is 4.42 Å². The lowest BCUT2D eigenvalue weighted by Crippen LogP contribution is -2.20. The van der Waals surface area contributed by atoms with Crippen LogP contribution in [0, 0.1) is 0 Å². The van der Waals surface area contributed by atoms with Crippen molar-refractivity contribution in [2.45, 2.75) is 12.5 Å². The summed E-state index contributed by atoms with van der Waals surface area (Å²) in [4.78, 5) is 19.6. The van der Waals surface area contributed by atoms with Crippen molar-refractivity contribution in [3.8, 4) is 17.4 Å². The SMILES string of the molecule is O=C(O)C(Cc1ccccc1)N=Cc1nc(-c2ccccc2)oc1O. The molecule has 1 atom stereocenters. The number of carboxylic acid groups (broad SMARTS) is 1. The molecule has 3 aromatic rings. The molecule has 0 spiro atoms. The van der Waals surface area contributed by atoms with Gasteiger partial charge in [-0.15, -0.1) is 0 Å². The number of aromatic nitrogens is 1. The molecular formula is C19H16N2O4. The molecule has 6 heteroatoms. The molecule has 0 radical (unpaired) electrons. The maximum Gasteiger partial charge on any atom is 0.328 e. The Morgan fingerprint density at radius 2 is 1.76 bits per heavy atom. The van der Waals surface area contributed by atoms with Gasteiger partial charge in [-0.1, -0.05) is 48.5 Å². The Balaban J connectivity index is 1.80. The summed E-state index contributed by atoms with van der Waals surface area (Å²) in [6.45, 7) is 0. The second kappa shape index (κ2) is 7.44. The molecule has 0 bridgehead atoms. The third-order valence-electron chi connectivity index (χ3n) is 3.59. The Labute approximate surface area is 144 Å². The second-order valence-corrected chi connectivity index (χ2v) is 5.40. The van der Waals surface area contributed by atoms with Crippen molar-refractivity contribution in [2.24, 2.45) is 4.99 Å². The monoisotopic (exact) mass is 336 g/mol. The number of aliphatic carboxylic acids is 1. The van der Waals surface area contributed by atoms with E-state index in [2.05, 4.69) is 9.98 Å². The van der Waals surface area contributed by atoms with Crippen molar-refractivity contribution in [3.63, 3.8) is 0 Å². The van der Waals surface area contributed by atoms with E-state index in [1.807, 2.05) is 48.5 Å². The van der Waals surface area contributed by atoms with E-state index in [0.29, 0.717) is 5.56 Å². The Morgan fingerprint density at radius 1 is 1.12 bits per heavy atom. The van der Waals surface area contributed by atoms with E-state index >= 15 is 0 Å². The molecule has 1 heterocycles. The van der Waals surface area contributed by atoms with E-state index in [1.54, 1.807) is 12.1 Å². The average molecular weight is 336 g/mol. The highest BCUT2D eigenvalue weighted by Gasteiger charge is 2.18. The van der Waals surface area contributed by atoms with Crippen LogP contribution in [0.3, 0.4) is 0 Å². The summed E-state index contributed by atoms with van der Waals surface area (Å²) in [6.07, 6.45) is 1.48. The normalized spacial score (nSPS) is 12.3. The van der Waals surface area contributed by atoms with Gasteiger partial charge in [0.2, 0.25) is 5.89 Å². The summed E-state index contributed by atoms with van der Waals surface area (Å²) in [5.74, 6) is -1.20. The standard InChI is InChI=1S/C19H16N2O4/c22-18(23)15(11-13-7-3-1-4-8-13)20-12-16-19(24)25-17(21-16)14-9-5-2-6-10-14/h1-10,12,15,24H,11H2,(H,22,23). The number of aliphatic imine (C=N–C) groups is 1. The molecule has 2 aromatic carbocycles. The molecule has 3 rings (SSSR count). The third kappa shape index (κ3) is 4.11. The van der Waals surface area contributed by atoms with Crippen LogP contribution in [0.4, 0.5) is 0 Å². The summed E-state index contributed by atoms with van der Waals surface area (Å²) in [5, 5.41) is 19.2. The first-order valence-corrected chi connectivity index (χ1v) is 7.68. The summed E-state index contributed by atoms with van der Waals surface area (Å²) < 4.78 is 5.22. The molecule has 0 saturated carbocycles. The maximum absolute atomic E-state index is 11.4. The van der Waals surface area contributed by atoms with Crippen molar-refractivity contribution < 1.29 is 19.4 Å². The predicted molar refractivity (Wildman–Crippen MR) is 92.8 cm³/mol. The fourth-order valence-corrected chi connectivity index (χ4v) is 2.31. The zero-order valence-corrected chi connectivity index (χ0v) is 13.2. The molecule has 0 aliphatic heterocycles. The highest BCUT2D eigenvalue weighted by atomic mass is 16.5. The van der Waals surface area contributed by atoms with Crippen LogP contribution in [-0.2, 0) is 11.2 Å². The zero-order chi connectivity index (χ0) is 17.6. The highest BCUT2D eigenvalue weighted by molar-refractivity contribution is 5.84. The van der Waals surface area contributed by atoms with Gasteiger partial charge in [-0.3, -0.25) is 4.99 Å². The van der Waals surface area contributed by atoms with Crippen LogP contribution in [0.1, 0.15) is 11.3 Å². The highest BCUT2D eigenvalue weighted by Crippen LogP contribution is 2.25. The largest absolute Gasteiger partial charge is 0.480 e. The van der Waals surface area contributed by atoms with Gasteiger partial charge in [-0.05, 0) is 17.7 Å².